The van der Waals surface area contributed by atoms with Crippen molar-refractivity contribution < 1.29 is 22.3 Å². The minimum absolute atomic E-state index is 0.0160. The number of nitrogen functional groups attached to an aromatic ring is 1. The van der Waals surface area contributed by atoms with Crippen molar-refractivity contribution in [2.24, 2.45) is 0 Å². The first-order valence-electron chi connectivity index (χ1n) is 13.9. The number of anilines is 2. The zero-order valence-electron chi connectivity index (χ0n) is 22.7. The van der Waals surface area contributed by atoms with Crippen LogP contribution in [0, 0.1) is 12.7 Å². The third-order valence-corrected chi connectivity index (χ3v) is 8.78. The Labute approximate surface area is 240 Å². The first-order chi connectivity index (χ1) is 19.6. The van der Waals surface area contributed by atoms with E-state index in [2.05, 4.69) is 27.0 Å². The quantitative estimate of drug-likeness (QED) is 0.266. The molecule has 2 N–H and O–H groups in total. The van der Waals surface area contributed by atoms with Crippen molar-refractivity contribution in [3.8, 4) is 17.3 Å². The second-order valence-electron chi connectivity index (χ2n) is 11.1. The molecule has 0 radical (unpaired) electrons. The van der Waals surface area contributed by atoms with Gasteiger partial charge in [0.25, 0.3) is 0 Å². The molecular weight excluding hydrogens is 560 g/mol. The number of fused-ring (bicyclic) bond motifs is 2. The summed E-state index contributed by atoms with van der Waals surface area (Å²) in [4.78, 5) is 17.5. The molecule has 3 aliphatic rings. The van der Waals surface area contributed by atoms with Gasteiger partial charge >= 0.3 is 12.2 Å². The molecule has 2 saturated heterocycles. The number of alkyl halides is 3. The Hall–Kier alpha value is -3.18. The summed E-state index contributed by atoms with van der Waals surface area (Å²) in [6.45, 7) is 4.88. The lowest BCUT2D eigenvalue weighted by atomic mass is 9.95. The summed E-state index contributed by atoms with van der Waals surface area (Å²) in [6, 6.07) is 2.51. The molecule has 3 aromatic rings. The largest absolute Gasteiger partial charge is 0.461 e. The standard InChI is InChI=1S/C29H31ClF4N6O/c1-17-14-20(35)36-25(22(17)29(32,33)34)21-19(30)15-18-24(23(21)31)37-27(38-26(18)39-10-4-2-3-5-11-39)41-16-28-8-6-12-40(28)13-7-9-28/h2-3,14-15H,4-13,16H2,1H3,(H2,35,36). The molecule has 0 saturated carbocycles. The Kier molecular flexibility index (Phi) is 7.22. The molecule has 6 rings (SSSR count). The lowest BCUT2D eigenvalue weighted by Gasteiger charge is -2.31. The van der Waals surface area contributed by atoms with Crippen LogP contribution in [0.1, 0.15) is 49.7 Å². The highest BCUT2D eigenvalue weighted by molar-refractivity contribution is 6.34. The maximum Gasteiger partial charge on any atom is 0.418 e. The average molecular weight is 591 g/mol. The number of nitrogens with zero attached hydrogens (tertiary/aromatic N) is 5. The maximum atomic E-state index is 16.5. The minimum Gasteiger partial charge on any atom is -0.461 e. The number of aromatic nitrogens is 3. The van der Waals surface area contributed by atoms with Crippen molar-refractivity contribution in [1.29, 1.82) is 0 Å². The molecule has 0 spiro atoms. The third-order valence-electron chi connectivity index (χ3n) is 8.48. The van der Waals surface area contributed by atoms with Crippen LogP contribution in [0.25, 0.3) is 22.2 Å². The number of nitrogens with two attached hydrogens (primary N) is 1. The monoisotopic (exact) mass is 590 g/mol. The van der Waals surface area contributed by atoms with Gasteiger partial charge in [-0.05, 0) is 76.2 Å². The van der Waals surface area contributed by atoms with Crippen molar-refractivity contribution in [2.45, 2.75) is 57.2 Å². The molecule has 7 nitrogen and oxygen atoms in total. The van der Waals surface area contributed by atoms with Gasteiger partial charge in [-0.1, -0.05) is 23.8 Å². The predicted molar refractivity (Wildman–Crippen MR) is 151 cm³/mol. The van der Waals surface area contributed by atoms with E-state index >= 15 is 4.39 Å². The first-order valence-corrected chi connectivity index (χ1v) is 14.3. The van der Waals surface area contributed by atoms with E-state index in [1.54, 1.807) is 0 Å². The Morgan fingerprint density at radius 2 is 1.71 bits per heavy atom. The average Bonchev–Trinajstić information content (AvgIpc) is 3.36. The van der Waals surface area contributed by atoms with Crippen LogP contribution in [0.15, 0.2) is 24.3 Å². The van der Waals surface area contributed by atoms with E-state index in [9.17, 15) is 13.2 Å². The van der Waals surface area contributed by atoms with Crippen molar-refractivity contribution in [1.82, 2.24) is 19.9 Å². The minimum atomic E-state index is -4.82. The molecule has 2 aromatic heterocycles. The van der Waals surface area contributed by atoms with Crippen molar-refractivity contribution >= 4 is 34.1 Å². The fraction of sp³-hybridized carbons (Fsp3) is 0.483. The molecule has 0 amide bonds. The summed E-state index contributed by atoms with van der Waals surface area (Å²) in [5.41, 5.74) is 3.08. The highest BCUT2D eigenvalue weighted by atomic mass is 35.5. The van der Waals surface area contributed by atoms with E-state index in [1.165, 1.54) is 13.0 Å². The van der Waals surface area contributed by atoms with Crippen molar-refractivity contribution in [3.05, 3.63) is 46.3 Å². The fourth-order valence-corrected chi connectivity index (χ4v) is 6.88. The van der Waals surface area contributed by atoms with Gasteiger partial charge in [-0.15, -0.1) is 0 Å². The van der Waals surface area contributed by atoms with Crippen LogP contribution in [0.2, 0.25) is 5.02 Å². The van der Waals surface area contributed by atoms with E-state index in [-0.39, 0.29) is 33.5 Å². The number of aryl methyl sites for hydroxylation is 1. The van der Waals surface area contributed by atoms with Gasteiger partial charge in [0.05, 0.1) is 27.4 Å². The van der Waals surface area contributed by atoms with Gasteiger partial charge < -0.3 is 15.4 Å². The molecule has 1 aromatic carbocycles. The molecule has 41 heavy (non-hydrogen) atoms. The Balaban J connectivity index is 1.52. The van der Waals surface area contributed by atoms with Crippen LogP contribution in [0.5, 0.6) is 6.01 Å². The van der Waals surface area contributed by atoms with Gasteiger partial charge in [-0.2, -0.15) is 23.1 Å². The number of pyridine rings is 1. The third kappa shape index (κ3) is 5.07. The van der Waals surface area contributed by atoms with Gasteiger partial charge in [-0.25, -0.2) is 9.37 Å². The van der Waals surface area contributed by atoms with E-state index in [0.717, 1.165) is 57.7 Å². The van der Waals surface area contributed by atoms with Gasteiger partial charge in [0, 0.05) is 18.5 Å². The molecule has 0 bridgehead atoms. The predicted octanol–water partition coefficient (Wildman–Crippen LogP) is 6.56. The fourth-order valence-electron chi connectivity index (χ4n) is 6.60. The number of rotatable bonds is 5. The zero-order chi connectivity index (χ0) is 28.9. The molecule has 0 unspecified atom stereocenters. The molecule has 0 atom stereocenters. The number of halogens is 5. The SMILES string of the molecule is Cc1cc(N)nc(-c2c(Cl)cc3c(N4CCC=CCC4)nc(OCC45CCCN4CCC5)nc3c2F)c1C(F)(F)F. The summed E-state index contributed by atoms with van der Waals surface area (Å²) in [5, 5.41) is 0.0529. The molecule has 5 heterocycles. The van der Waals surface area contributed by atoms with E-state index in [4.69, 9.17) is 27.1 Å². The molecule has 12 heteroatoms. The summed E-state index contributed by atoms with van der Waals surface area (Å²) in [6.07, 6.45) is 5.02. The first kappa shape index (κ1) is 28.0. The second-order valence-corrected chi connectivity index (χ2v) is 11.5. The van der Waals surface area contributed by atoms with E-state index in [1.807, 2.05) is 4.90 Å². The number of hydrogen-bond acceptors (Lipinski definition) is 7. The molecular formula is C29H31ClF4N6O. The topological polar surface area (TPSA) is 80.4 Å². The van der Waals surface area contributed by atoms with Crippen LogP contribution >= 0.6 is 11.6 Å². The normalized spacial score (nSPS) is 19.1. The van der Waals surface area contributed by atoms with Crippen molar-refractivity contribution in [2.75, 3.05) is 43.4 Å². The summed E-state index contributed by atoms with van der Waals surface area (Å²) in [7, 11) is 0. The van der Waals surface area contributed by atoms with E-state index in [0.29, 0.717) is 30.9 Å². The smallest absolute Gasteiger partial charge is 0.418 e. The lowest BCUT2D eigenvalue weighted by Crippen LogP contribution is -2.43. The molecule has 2 fully saturated rings. The second kappa shape index (κ2) is 10.6. The van der Waals surface area contributed by atoms with Crippen LogP contribution in [-0.2, 0) is 6.18 Å². The van der Waals surface area contributed by atoms with Gasteiger partial charge in [0.15, 0.2) is 5.82 Å². The number of ether oxygens (including phenoxy) is 1. The number of hydrogen-bond donors (Lipinski definition) is 1. The Morgan fingerprint density at radius 1 is 1.02 bits per heavy atom. The Bertz CT molecular complexity index is 1510. The van der Waals surface area contributed by atoms with Crippen molar-refractivity contribution in [3.63, 3.8) is 0 Å². The molecule has 3 aliphatic heterocycles. The summed E-state index contributed by atoms with van der Waals surface area (Å²) < 4.78 is 65.2. The summed E-state index contributed by atoms with van der Waals surface area (Å²) >= 11 is 6.55. The lowest BCUT2D eigenvalue weighted by molar-refractivity contribution is -0.137. The Morgan fingerprint density at radius 3 is 2.37 bits per heavy atom. The zero-order valence-corrected chi connectivity index (χ0v) is 23.5. The van der Waals surface area contributed by atoms with Gasteiger partial charge in [-0.3, -0.25) is 4.90 Å². The highest BCUT2D eigenvalue weighted by Gasteiger charge is 2.45. The van der Waals surface area contributed by atoms with Crippen LogP contribution in [0.3, 0.4) is 0 Å². The van der Waals surface area contributed by atoms with Crippen LogP contribution in [0.4, 0.5) is 29.2 Å². The van der Waals surface area contributed by atoms with Gasteiger partial charge in [0.2, 0.25) is 0 Å². The maximum absolute atomic E-state index is 16.5. The van der Waals surface area contributed by atoms with Crippen LogP contribution < -0.4 is 15.4 Å². The molecule has 0 aliphatic carbocycles. The highest BCUT2D eigenvalue weighted by Crippen LogP contribution is 2.45. The van der Waals surface area contributed by atoms with Gasteiger partial charge in [0.1, 0.15) is 23.8 Å². The van der Waals surface area contributed by atoms with Crippen LogP contribution in [-0.4, -0.2) is 58.2 Å². The number of benzene rings is 1. The van der Waals surface area contributed by atoms with E-state index < -0.39 is 28.8 Å². The summed E-state index contributed by atoms with van der Waals surface area (Å²) in [5.74, 6) is -0.776. The molecule has 218 valence electrons.